The minimum atomic E-state index is -0.974. The molecule has 8 heteroatoms. The maximum absolute atomic E-state index is 11.2. The zero-order valence-corrected chi connectivity index (χ0v) is 16.9. The van der Waals surface area contributed by atoms with Crippen LogP contribution in [0.1, 0.15) is 34.0 Å². The molecule has 0 saturated carbocycles. The molecule has 1 aliphatic heterocycles. The van der Waals surface area contributed by atoms with E-state index in [0.29, 0.717) is 30.2 Å². The quantitative estimate of drug-likeness (QED) is 0.458. The molecule has 0 spiro atoms. The maximum atomic E-state index is 11.2. The highest BCUT2D eigenvalue weighted by molar-refractivity contribution is 5.88. The number of carbonyl (C=O) groups is 1. The van der Waals surface area contributed by atoms with Crippen LogP contribution in [0.3, 0.4) is 0 Å². The molecule has 8 nitrogen and oxygen atoms in total. The van der Waals surface area contributed by atoms with E-state index < -0.39 is 12.1 Å². The third kappa shape index (κ3) is 4.99. The van der Waals surface area contributed by atoms with Crippen molar-refractivity contribution in [2.24, 2.45) is 0 Å². The molecule has 0 fully saturated rings. The summed E-state index contributed by atoms with van der Waals surface area (Å²) in [6.07, 6.45) is 4.10. The number of anilines is 1. The molecule has 3 aromatic rings. The van der Waals surface area contributed by atoms with Crippen molar-refractivity contribution >= 4 is 11.8 Å². The number of nitrogens with zero attached hydrogens (tertiary/aromatic N) is 2. The van der Waals surface area contributed by atoms with Crippen molar-refractivity contribution in [3.05, 3.63) is 71.5 Å². The van der Waals surface area contributed by atoms with Gasteiger partial charge < -0.3 is 26.0 Å². The summed E-state index contributed by atoms with van der Waals surface area (Å²) in [5.41, 5.74) is 9.05. The number of aromatic nitrogens is 2. The molecule has 2 atom stereocenters. The molecular weight excluding hydrogens is 396 g/mol. The predicted octanol–water partition coefficient (Wildman–Crippen LogP) is 2.44. The number of hydrogen-bond acceptors (Lipinski definition) is 7. The molecule has 31 heavy (non-hydrogen) atoms. The zero-order chi connectivity index (χ0) is 21.8. The summed E-state index contributed by atoms with van der Waals surface area (Å²) in [7, 11) is 0. The van der Waals surface area contributed by atoms with Crippen molar-refractivity contribution in [3.63, 3.8) is 0 Å². The average Bonchev–Trinajstić information content (AvgIpc) is 2.79. The predicted molar refractivity (Wildman–Crippen MR) is 116 cm³/mol. The third-order valence-corrected chi connectivity index (χ3v) is 5.30. The minimum absolute atomic E-state index is 0.00329. The Labute approximate surface area is 179 Å². The van der Waals surface area contributed by atoms with Gasteiger partial charge in [0.25, 0.3) is 0 Å². The Kier molecular flexibility index (Phi) is 6.11. The summed E-state index contributed by atoms with van der Waals surface area (Å²) in [6, 6.07) is 12.3. The van der Waals surface area contributed by atoms with E-state index >= 15 is 0 Å². The lowest BCUT2D eigenvalue weighted by Gasteiger charge is -2.27. The Morgan fingerprint density at radius 2 is 2.10 bits per heavy atom. The highest BCUT2D eigenvalue weighted by atomic mass is 16.5. The molecule has 0 unspecified atom stereocenters. The van der Waals surface area contributed by atoms with Crippen molar-refractivity contribution in [2.75, 3.05) is 18.8 Å². The van der Waals surface area contributed by atoms with Crippen molar-refractivity contribution in [1.82, 2.24) is 15.3 Å². The normalized spacial score (nSPS) is 16.2. The first kappa shape index (κ1) is 20.8. The van der Waals surface area contributed by atoms with Gasteiger partial charge in [-0.3, -0.25) is 4.98 Å². The van der Waals surface area contributed by atoms with E-state index in [9.17, 15) is 15.0 Å². The van der Waals surface area contributed by atoms with Gasteiger partial charge in [0, 0.05) is 36.6 Å². The smallest absolute Gasteiger partial charge is 0.335 e. The standard InChI is InChI=1S/C23H24N4O4/c24-22-6-3-17(11-27-22)20(28)13-25-12-18-4-1-15-9-14(2-5-21(15)31-18)19-10-16(23(29)30)7-8-26-19/h2-3,5-11,18,20,25,28H,1,4,12-13H2,(H2,24,27)(H,29,30)/t18-,20+/m1/s1. The summed E-state index contributed by atoms with van der Waals surface area (Å²) in [5.74, 6) is 0.268. The first-order chi connectivity index (χ1) is 15.0. The summed E-state index contributed by atoms with van der Waals surface area (Å²) in [6.45, 7) is 1.01. The fraction of sp³-hybridized carbons (Fsp3) is 0.261. The molecule has 2 aromatic heterocycles. The van der Waals surface area contributed by atoms with Gasteiger partial charge in [-0.05, 0) is 54.8 Å². The van der Waals surface area contributed by atoms with Crippen LogP contribution in [0.4, 0.5) is 5.82 Å². The van der Waals surface area contributed by atoms with E-state index in [0.717, 1.165) is 29.7 Å². The molecule has 0 bridgehead atoms. The molecule has 4 rings (SSSR count). The van der Waals surface area contributed by atoms with Crippen LogP contribution in [0.5, 0.6) is 5.75 Å². The van der Waals surface area contributed by atoms with Crippen molar-refractivity contribution in [2.45, 2.75) is 25.0 Å². The van der Waals surface area contributed by atoms with Crippen molar-refractivity contribution in [1.29, 1.82) is 0 Å². The number of carboxylic acids is 1. The molecule has 160 valence electrons. The Bertz CT molecular complexity index is 1070. The topological polar surface area (TPSA) is 131 Å². The number of nitrogens with two attached hydrogens (primary N) is 1. The first-order valence-corrected chi connectivity index (χ1v) is 10.1. The molecular formula is C23H24N4O4. The van der Waals surface area contributed by atoms with E-state index in [4.69, 9.17) is 10.5 Å². The Balaban J connectivity index is 1.34. The second-order valence-corrected chi connectivity index (χ2v) is 7.53. The van der Waals surface area contributed by atoms with Crippen LogP contribution in [-0.4, -0.2) is 45.3 Å². The number of pyridine rings is 2. The number of aliphatic hydroxyl groups excluding tert-OH is 1. The van der Waals surface area contributed by atoms with Crippen molar-refractivity contribution in [3.8, 4) is 17.0 Å². The van der Waals surface area contributed by atoms with Gasteiger partial charge in [-0.15, -0.1) is 0 Å². The number of ether oxygens (including phenoxy) is 1. The van der Waals surface area contributed by atoms with Crippen LogP contribution < -0.4 is 15.8 Å². The van der Waals surface area contributed by atoms with Gasteiger partial charge in [-0.25, -0.2) is 9.78 Å². The summed E-state index contributed by atoms with van der Waals surface area (Å²) in [5, 5.41) is 22.7. The fourth-order valence-corrected chi connectivity index (χ4v) is 3.58. The van der Waals surface area contributed by atoms with Crippen LogP contribution in [0.2, 0.25) is 0 Å². The van der Waals surface area contributed by atoms with E-state index in [1.807, 2.05) is 18.2 Å². The van der Waals surface area contributed by atoms with E-state index in [1.165, 1.54) is 12.3 Å². The van der Waals surface area contributed by atoms with Gasteiger partial charge >= 0.3 is 5.97 Å². The van der Waals surface area contributed by atoms with Gasteiger partial charge in [-0.2, -0.15) is 0 Å². The Morgan fingerprint density at radius 1 is 1.23 bits per heavy atom. The largest absolute Gasteiger partial charge is 0.489 e. The number of fused-ring (bicyclic) bond motifs is 1. The lowest BCUT2D eigenvalue weighted by atomic mass is 9.98. The monoisotopic (exact) mass is 420 g/mol. The number of nitrogen functional groups attached to an aromatic ring is 1. The average molecular weight is 420 g/mol. The first-order valence-electron chi connectivity index (χ1n) is 10.1. The minimum Gasteiger partial charge on any atom is -0.489 e. The van der Waals surface area contributed by atoms with E-state index in [-0.39, 0.29) is 11.7 Å². The van der Waals surface area contributed by atoms with Gasteiger partial charge in [0.1, 0.15) is 17.7 Å². The lowest BCUT2D eigenvalue weighted by molar-refractivity contribution is 0.0696. The number of aromatic carboxylic acids is 1. The van der Waals surface area contributed by atoms with E-state index in [1.54, 1.807) is 24.4 Å². The van der Waals surface area contributed by atoms with Crippen LogP contribution in [0.15, 0.2) is 54.9 Å². The molecule has 0 saturated heterocycles. The number of aryl methyl sites for hydroxylation is 1. The molecule has 0 radical (unpaired) electrons. The van der Waals surface area contributed by atoms with Gasteiger partial charge in [0.05, 0.1) is 17.4 Å². The highest BCUT2D eigenvalue weighted by Gasteiger charge is 2.21. The molecule has 5 N–H and O–H groups in total. The van der Waals surface area contributed by atoms with Crippen LogP contribution in [-0.2, 0) is 6.42 Å². The summed E-state index contributed by atoms with van der Waals surface area (Å²) < 4.78 is 6.10. The Hall–Kier alpha value is -3.49. The third-order valence-electron chi connectivity index (χ3n) is 5.30. The second kappa shape index (κ2) is 9.11. The number of rotatable bonds is 7. The molecule has 1 aromatic carbocycles. The van der Waals surface area contributed by atoms with Crippen LogP contribution >= 0.6 is 0 Å². The zero-order valence-electron chi connectivity index (χ0n) is 16.9. The van der Waals surface area contributed by atoms with Gasteiger partial charge in [0.15, 0.2) is 0 Å². The van der Waals surface area contributed by atoms with Crippen LogP contribution in [0, 0.1) is 0 Å². The SMILES string of the molecule is Nc1ccc([C@@H](O)CNC[C@H]2CCc3cc(-c4cc(C(=O)O)ccn4)ccc3O2)cn1. The Morgan fingerprint density at radius 3 is 2.87 bits per heavy atom. The van der Waals surface area contributed by atoms with Crippen molar-refractivity contribution < 1.29 is 19.7 Å². The van der Waals surface area contributed by atoms with Gasteiger partial charge in [0.2, 0.25) is 0 Å². The maximum Gasteiger partial charge on any atom is 0.335 e. The number of aliphatic hydroxyl groups is 1. The highest BCUT2D eigenvalue weighted by Crippen LogP contribution is 2.31. The second-order valence-electron chi connectivity index (χ2n) is 7.53. The number of nitrogens with one attached hydrogen (secondary N) is 1. The number of hydrogen-bond donors (Lipinski definition) is 4. The number of benzene rings is 1. The number of carboxylic acid groups (broad SMARTS) is 1. The van der Waals surface area contributed by atoms with Crippen LogP contribution in [0.25, 0.3) is 11.3 Å². The van der Waals surface area contributed by atoms with E-state index in [2.05, 4.69) is 15.3 Å². The summed E-state index contributed by atoms with van der Waals surface area (Å²) >= 11 is 0. The summed E-state index contributed by atoms with van der Waals surface area (Å²) in [4.78, 5) is 19.5. The molecule has 3 heterocycles. The molecule has 0 amide bonds. The molecule has 1 aliphatic rings. The lowest BCUT2D eigenvalue weighted by Crippen LogP contribution is -2.36. The van der Waals surface area contributed by atoms with Gasteiger partial charge in [-0.1, -0.05) is 6.07 Å². The molecule has 0 aliphatic carbocycles. The fourth-order valence-electron chi connectivity index (χ4n) is 3.58.